The third-order valence-electron chi connectivity index (χ3n) is 8.61. The van der Waals surface area contributed by atoms with E-state index >= 15 is 0 Å². The number of anilines is 1. The van der Waals surface area contributed by atoms with Gasteiger partial charge < -0.3 is 30.2 Å². The predicted molar refractivity (Wildman–Crippen MR) is 166 cm³/mol. The highest BCUT2D eigenvalue weighted by atomic mass is 16.5. The normalized spacial score (nSPS) is 20.8. The molecule has 0 spiro atoms. The van der Waals surface area contributed by atoms with Crippen LogP contribution >= 0.6 is 0 Å². The Labute approximate surface area is 249 Å². The summed E-state index contributed by atoms with van der Waals surface area (Å²) in [6, 6.07) is 18.4. The van der Waals surface area contributed by atoms with E-state index in [9.17, 15) is 9.59 Å². The first-order valence-electron chi connectivity index (χ1n) is 15.3. The van der Waals surface area contributed by atoms with E-state index in [-0.39, 0.29) is 24.0 Å². The number of nitrogens with one attached hydrogen (secondary N) is 3. The third kappa shape index (κ3) is 6.62. The summed E-state index contributed by atoms with van der Waals surface area (Å²) in [5, 5.41) is 10.1. The van der Waals surface area contributed by atoms with Crippen molar-refractivity contribution in [2.75, 3.05) is 38.6 Å². The zero-order chi connectivity index (χ0) is 29.5. The zero-order valence-electron chi connectivity index (χ0n) is 25.0. The Balaban J connectivity index is 1.40. The first-order chi connectivity index (χ1) is 20.5. The molecule has 42 heavy (non-hydrogen) atoms. The Bertz CT molecular complexity index is 1340. The Morgan fingerprint density at radius 2 is 1.83 bits per heavy atom. The number of piperazine rings is 1. The van der Waals surface area contributed by atoms with Crippen molar-refractivity contribution in [1.82, 2.24) is 25.1 Å². The molecule has 2 aliphatic rings. The van der Waals surface area contributed by atoms with Crippen molar-refractivity contribution in [2.24, 2.45) is 0 Å². The molecule has 5 rings (SSSR count). The molecule has 0 unspecified atom stereocenters. The number of para-hydroxylation sites is 1. The van der Waals surface area contributed by atoms with Crippen LogP contribution in [0.1, 0.15) is 74.0 Å². The van der Waals surface area contributed by atoms with Gasteiger partial charge in [0, 0.05) is 43.5 Å². The van der Waals surface area contributed by atoms with Gasteiger partial charge in [-0.05, 0) is 36.8 Å². The average Bonchev–Trinajstić information content (AvgIpc) is 3.47. The number of amides is 2. The molecular formula is C33H44N6O3. The lowest BCUT2D eigenvalue weighted by molar-refractivity contribution is 0.0624. The summed E-state index contributed by atoms with van der Waals surface area (Å²) in [5.41, 5.74) is 4.67. The number of hydrogen-bond acceptors (Lipinski definition) is 6. The van der Waals surface area contributed by atoms with Crippen molar-refractivity contribution in [1.29, 1.82) is 0 Å². The maximum absolute atomic E-state index is 14.3. The van der Waals surface area contributed by atoms with E-state index in [1.807, 2.05) is 35.2 Å². The number of rotatable bonds is 9. The van der Waals surface area contributed by atoms with Gasteiger partial charge in [0.25, 0.3) is 5.91 Å². The summed E-state index contributed by atoms with van der Waals surface area (Å²) in [7, 11) is 1.39. The number of carbonyl (C=O) groups is 2. The highest BCUT2D eigenvalue weighted by Crippen LogP contribution is 2.35. The number of aromatic nitrogens is 2. The van der Waals surface area contributed by atoms with Gasteiger partial charge in [0.05, 0.1) is 31.2 Å². The molecule has 3 aromatic rings. The van der Waals surface area contributed by atoms with Gasteiger partial charge in [-0.3, -0.25) is 4.79 Å². The van der Waals surface area contributed by atoms with Crippen molar-refractivity contribution < 1.29 is 14.3 Å². The van der Waals surface area contributed by atoms with Crippen LogP contribution in [0.25, 0.3) is 11.3 Å². The summed E-state index contributed by atoms with van der Waals surface area (Å²) in [6.45, 7) is 7.30. The Morgan fingerprint density at radius 1 is 1.07 bits per heavy atom. The molecule has 1 saturated carbocycles. The van der Waals surface area contributed by atoms with Gasteiger partial charge in [-0.25, -0.2) is 9.78 Å². The lowest BCUT2D eigenvalue weighted by Crippen LogP contribution is -2.54. The minimum atomic E-state index is -0.433. The third-order valence-corrected chi connectivity index (χ3v) is 8.61. The van der Waals surface area contributed by atoms with E-state index in [2.05, 4.69) is 58.6 Å². The Morgan fingerprint density at radius 3 is 2.62 bits per heavy atom. The molecule has 0 radical (unpaired) electrons. The van der Waals surface area contributed by atoms with Gasteiger partial charge in [0.2, 0.25) is 0 Å². The second-order valence-electron chi connectivity index (χ2n) is 11.6. The molecule has 1 aliphatic carbocycles. The fraction of sp³-hybridized carbons (Fsp3) is 0.485. The van der Waals surface area contributed by atoms with Crippen LogP contribution in [-0.2, 0) is 4.74 Å². The molecule has 1 saturated heterocycles. The molecule has 2 amide bonds. The number of hydrogen-bond donors (Lipinski definition) is 3. The first kappa shape index (κ1) is 29.6. The molecule has 224 valence electrons. The van der Waals surface area contributed by atoms with Crippen LogP contribution < -0.4 is 16.0 Å². The molecule has 3 N–H and O–H groups in total. The van der Waals surface area contributed by atoms with Crippen LogP contribution in [0.5, 0.6) is 0 Å². The van der Waals surface area contributed by atoms with Crippen molar-refractivity contribution in [3.8, 4) is 11.3 Å². The quantitative estimate of drug-likeness (QED) is 0.316. The van der Waals surface area contributed by atoms with Crippen LogP contribution in [0.15, 0.2) is 60.9 Å². The molecule has 0 bridgehead atoms. The maximum atomic E-state index is 14.3. The molecule has 3 atom stereocenters. The molecule has 9 heteroatoms. The Kier molecular flexibility index (Phi) is 9.79. The lowest BCUT2D eigenvalue weighted by atomic mass is 9.89. The monoisotopic (exact) mass is 572 g/mol. The van der Waals surface area contributed by atoms with E-state index in [0.29, 0.717) is 18.2 Å². The summed E-state index contributed by atoms with van der Waals surface area (Å²) in [6.07, 6.45) is 5.99. The predicted octanol–water partition coefficient (Wildman–Crippen LogP) is 5.43. The second kappa shape index (κ2) is 13.9. The van der Waals surface area contributed by atoms with Gasteiger partial charge in [0.1, 0.15) is 0 Å². The summed E-state index contributed by atoms with van der Waals surface area (Å²) < 4.78 is 7.03. The molecule has 9 nitrogen and oxygen atoms in total. The van der Waals surface area contributed by atoms with E-state index in [1.54, 1.807) is 6.33 Å². The number of benzene rings is 2. The van der Waals surface area contributed by atoms with E-state index < -0.39 is 6.09 Å². The standard InChI is InChI=1S/C33H44N6O3/c1-23(2)26-13-7-8-14-27(26)35-18-17-25-21-34-19-20-38(25)32(40)30-31(24-11-5-4-6-12-24)39(22-36-30)29-16-10-9-15-28(29)37-33(41)42-3/h4-8,11-14,22-23,25,28-29,34-35H,9-10,15-21H2,1-3H3,(H,37,41)/t25-,28+,29+/m1/s1. The number of carbonyl (C=O) groups excluding carboxylic acids is 2. The number of ether oxygens (including phenoxy) is 1. The summed E-state index contributed by atoms with van der Waals surface area (Å²) in [5.74, 6) is 0.385. The van der Waals surface area contributed by atoms with Crippen molar-refractivity contribution >= 4 is 17.7 Å². The van der Waals surface area contributed by atoms with Crippen LogP contribution in [-0.4, -0.2) is 71.8 Å². The van der Waals surface area contributed by atoms with Crippen molar-refractivity contribution in [3.05, 3.63) is 72.2 Å². The van der Waals surface area contributed by atoms with Gasteiger partial charge in [-0.2, -0.15) is 0 Å². The molecule has 1 aromatic heterocycles. The zero-order valence-corrected chi connectivity index (χ0v) is 25.0. The highest BCUT2D eigenvalue weighted by molar-refractivity contribution is 5.98. The number of nitrogens with zero attached hydrogens (tertiary/aromatic N) is 3. The largest absolute Gasteiger partial charge is 0.453 e. The van der Waals surface area contributed by atoms with Gasteiger partial charge in [0.15, 0.2) is 5.69 Å². The summed E-state index contributed by atoms with van der Waals surface area (Å²) in [4.78, 5) is 33.2. The maximum Gasteiger partial charge on any atom is 0.407 e. The second-order valence-corrected chi connectivity index (χ2v) is 11.6. The van der Waals surface area contributed by atoms with Crippen LogP contribution in [0.4, 0.5) is 10.5 Å². The summed E-state index contributed by atoms with van der Waals surface area (Å²) >= 11 is 0. The fourth-order valence-electron chi connectivity index (χ4n) is 6.43. The highest BCUT2D eigenvalue weighted by Gasteiger charge is 2.35. The average molecular weight is 573 g/mol. The molecule has 2 heterocycles. The van der Waals surface area contributed by atoms with Gasteiger partial charge in [-0.1, -0.05) is 75.2 Å². The lowest BCUT2D eigenvalue weighted by Gasteiger charge is -2.36. The van der Waals surface area contributed by atoms with Crippen molar-refractivity contribution in [3.63, 3.8) is 0 Å². The van der Waals surface area contributed by atoms with E-state index in [4.69, 9.17) is 9.72 Å². The van der Waals surface area contributed by atoms with E-state index in [1.165, 1.54) is 12.7 Å². The molecule has 1 aliphatic heterocycles. The van der Waals surface area contributed by atoms with Crippen LogP contribution in [0.3, 0.4) is 0 Å². The smallest absolute Gasteiger partial charge is 0.407 e. The van der Waals surface area contributed by atoms with Crippen molar-refractivity contribution in [2.45, 2.75) is 70.0 Å². The molecular weight excluding hydrogens is 528 g/mol. The molecule has 2 aromatic carbocycles. The minimum Gasteiger partial charge on any atom is -0.453 e. The SMILES string of the molecule is COC(=O)N[C@H]1CCCC[C@@H]1n1cnc(C(=O)N2CCNC[C@H]2CCNc2ccccc2C(C)C)c1-c1ccccc1. The van der Waals surface area contributed by atoms with Crippen LogP contribution in [0, 0.1) is 0 Å². The Hall–Kier alpha value is -3.85. The van der Waals surface area contributed by atoms with Gasteiger partial charge in [-0.15, -0.1) is 0 Å². The van der Waals surface area contributed by atoms with Crippen LogP contribution in [0.2, 0.25) is 0 Å². The number of alkyl carbamates (subject to hydrolysis) is 1. The van der Waals surface area contributed by atoms with E-state index in [0.717, 1.165) is 68.7 Å². The number of methoxy groups -OCH3 is 1. The fourth-order valence-corrected chi connectivity index (χ4v) is 6.43. The minimum absolute atomic E-state index is 0.0221. The van der Waals surface area contributed by atoms with Gasteiger partial charge >= 0.3 is 6.09 Å². The molecule has 2 fully saturated rings. The topological polar surface area (TPSA) is 101 Å². The first-order valence-corrected chi connectivity index (χ1v) is 15.3. The number of imidazole rings is 1.